The van der Waals surface area contributed by atoms with Crippen LogP contribution in [-0.2, 0) is 6.54 Å². The fourth-order valence-electron chi connectivity index (χ4n) is 3.09. The summed E-state index contributed by atoms with van der Waals surface area (Å²) >= 11 is 0. The summed E-state index contributed by atoms with van der Waals surface area (Å²) in [6, 6.07) is 7.52. The fourth-order valence-corrected chi connectivity index (χ4v) is 3.09. The number of nitrogens with zero attached hydrogens (tertiary/aromatic N) is 3. The fraction of sp³-hybridized carbons (Fsp3) is 0.312. The monoisotopic (exact) mass is 296 g/mol. The smallest absolute Gasteiger partial charge is 0.258 e. The second-order valence-corrected chi connectivity index (χ2v) is 5.52. The lowest BCUT2D eigenvalue weighted by Crippen LogP contribution is -2.26. The molecular weight excluding hydrogens is 280 g/mol. The highest BCUT2D eigenvalue weighted by molar-refractivity contribution is 5.77. The summed E-state index contributed by atoms with van der Waals surface area (Å²) in [6.07, 6.45) is 5.27. The van der Waals surface area contributed by atoms with Crippen molar-refractivity contribution in [3.8, 4) is 0 Å². The molecule has 4 rings (SSSR count). The molecule has 0 bridgehead atoms. The Bertz CT molecular complexity index is 841. The third kappa shape index (κ3) is 2.31. The third-order valence-electron chi connectivity index (χ3n) is 4.13. The van der Waals surface area contributed by atoms with Crippen LogP contribution in [0.15, 0.2) is 45.9 Å². The number of fused-ring (bicyclic) bond motifs is 1. The highest BCUT2D eigenvalue weighted by Crippen LogP contribution is 2.31. The first-order valence-electron chi connectivity index (χ1n) is 7.42. The van der Waals surface area contributed by atoms with Gasteiger partial charge >= 0.3 is 0 Å². The summed E-state index contributed by atoms with van der Waals surface area (Å²) < 4.78 is 5.33. The van der Waals surface area contributed by atoms with Gasteiger partial charge in [-0.2, -0.15) is 0 Å². The molecule has 6 heteroatoms. The third-order valence-corrected chi connectivity index (χ3v) is 4.13. The lowest BCUT2D eigenvalue weighted by atomic mass is 10.2. The topological polar surface area (TPSA) is 75.0 Å². The maximum atomic E-state index is 12.2. The van der Waals surface area contributed by atoms with Gasteiger partial charge < -0.3 is 9.40 Å². The van der Waals surface area contributed by atoms with Crippen LogP contribution in [0.25, 0.3) is 10.9 Å². The van der Waals surface area contributed by atoms with E-state index in [1.165, 1.54) is 0 Å². The lowest BCUT2D eigenvalue weighted by molar-refractivity contribution is 0.216. The number of aromatic nitrogens is 3. The van der Waals surface area contributed by atoms with Gasteiger partial charge in [-0.1, -0.05) is 12.1 Å². The molecule has 1 N–H and O–H groups in total. The van der Waals surface area contributed by atoms with Crippen molar-refractivity contribution in [2.24, 2.45) is 0 Å². The highest BCUT2D eigenvalue weighted by Gasteiger charge is 2.29. The SMILES string of the molecule is O=c1[nH]c(C2CCCN2Cc2ncco2)nc2ccccc12. The van der Waals surface area contributed by atoms with E-state index >= 15 is 0 Å². The van der Waals surface area contributed by atoms with Crippen molar-refractivity contribution in [3.63, 3.8) is 0 Å². The largest absolute Gasteiger partial charge is 0.448 e. The van der Waals surface area contributed by atoms with Gasteiger partial charge in [0.25, 0.3) is 5.56 Å². The quantitative estimate of drug-likeness (QED) is 0.802. The van der Waals surface area contributed by atoms with Crippen LogP contribution in [-0.4, -0.2) is 26.4 Å². The molecule has 1 fully saturated rings. The zero-order valence-corrected chi connectivity index (χ0v) is 12.0. The van der Waals surface area contributed by atoms with E-state index in [0.717, 1.165) is 30.7 Å². The van der Waals surface area contributed by atoms with Crippen molar-refractivity contribution in [2.75, 3.05) is 6.54 Å². The number of likely N-dealkylation sites (tertiary alicyclic amines) is 1. The molecule has 0 amide bonds. The summed E-state index contributed by atoms with van der Waals surface area (Å²) in [5.41, 5.74) is 0.660. The van der Waals surface area contributed by atoms with Crippen LogP contribution in [0.4, 0.5) is 0 Å². The Hall–Kier alpha value is -2.47. The number of H-pyrrole nitrogens is 1. The summed E-state index contributed by atoms with van der Waals surface area (Å²) in [4.78, 5) is 26.3. The zero-order valence-electron chi connectivity index (χ0n) is 12.0. The molecule has 3 aromatic rings. The molecule has 22 heavy (non-hydrogen) atoms. The molecule has 0 spiro atoms. The van der Waals surface area contributed by atoms with Gasteiger partial charge in [-0.05, 0) is 31.5 Å². The van der Waals surface area contributed by atoms with E-state index in [1.807, 2.05) is 18.2 Å². The van der Waals surface area contributed by atoms with Crippen LogP contribution < -0.4 is 5.56 Å². The maximum Gasteiger partial charge on any atom is 0.258 e. The minimum atomic E-state index is -0.0800. The predicted molar refractivity (Wildman–Crippen MR) is 81.3 cm³/mol. The Morgan fingerprint density at radius 1 is 1.36 bits per heavy atom. The van der Waals surface area contributed by atoms with Gasteiger partial charge in [0.2, 0.25) is 5.89 Å². The van der Waals surface area contributed by atoms with Gasteiger partial charge in [-0.15, -0.1) is 0 Å². The minimum Gasteiger partial charge on any atom is -0.448 e. The van der Waals surface area contributed by atoms with Gasteiger partial charge in [0, 0.05) is 0 Å². The molecule has 0 aliphatic carbocycles. The number of aromatic amines is 1. The summed E-state index contributed by atoms with van der Waals surface area (Å²) in [7, 11) is 0. The molecule has 1 aliphatic rings. The first kappa shape index (κ1) is 13.2. The zero-order chi connectivity index (χ0) is 14.9. The number of nitrogens with one attached hydrogen (secondary N) is 1. The molecule has 1 aliphatic heterocycles. The van der Waals surface area contributed by atoms with Gasteiger partial charge in [0.05, 0.1) is 29.7 Å². The van der Waals surface area contributed by atoms with Crippen molar-refractivity contribution in [3.05, 3.63) is 58.8 Å². The van der Waals surface area contributed by atoms with E-state index in [0.29, 0.717) is 17.8 Å². The molecule has 1 saturated heterocycles. The van der Waals surface area contributed by atoms with Crippen molar-refractivity contribution in [1.82, 2.24) is 19.9 Å². The Morgan fingerprint density at radius 2 is 2.27 bits per heavy atom. The van der Waals surface area contributed by atoms with E-state index in [4.69, 9.17) is 4.42 Å². The van der Waals surface area contributed by atoms with Crippen molar-refractivity contribution in [1.29, 1.82) is 0 Å². The van der Waals surface area contributed by atoms with Crippen LogP contribution >= 0.6 is 0 Å². The van der Waals surface area contributed by atoms with Crippen LogP contribution in [0.5, 0.6) is 0 Å². The molecular formula is C16H16N4O2. The summed E-state index contributed by atoms with van der Waals surface area (Å²) in [5, 5.41) is 0.628. The van der Waals surface area contributed by atoms with E-state index in [2.05, 4.69) is 19.9 Å². The standard InChI is InChI=1S/C16H16N4O2/c21-16-11-4-1-2-5-12(11)18-15(19-16)13-6-3-8-20(13)10-14-17-7-9-22-14/h1-2,4-5,7,9,13H,3,6,8,10H2,(H,18,19,21). The second-order valence-electron chi connectivity index (χ2n) is 5.52. The normalized spacial score (nSPS) is 19.0. The average molecular weight is 296 g/mol. The predicted octanol–water partition coefficient (Wildman–Crippen LogP) is 2.25. The van der Waals surface area contributed by atoms with Crippen LogP contribution in [0.2, 0.25) is 0 Å². The van der Waals surface area contributed by atoms with E-state index < -0.39 is 0 Å². The Labute approximate surface area is 126 Å². The summed E-state index contributed by atoms with van der Waals surface area (Å²) in [6.45, 7) is 1.58. The average Bonchev–Trinajstić information content (AvgIpc) is 3.19. The molecule has 1 unspecified atom stereocenters. The van der Waals surface area contributed by atoms with Crippen molar-refractivity contribution in [2.45, 2.75) is 25.4 Å². The van der Waals surface area contributed by atoms with E-state index in [-0.39, 0.29) is 11.6 Å². The first-order chi connectivity index (χ1) is 10.8. The van der Waals surface area contributed by atoms with Crippen molar-refractivity contribution < 1.29 is 4.42 Å². The Kier molecular flexibility index (Phi) is 3.23. The molecule has 0 saturated carbocycles. The van der Waals surface area contributed by atoms with Crippen LogP contribution in [0.1, 0.15) is 30.6 Å². The minimum absolute atomic E-state index is 0.0800. The number of oxazole rings is 1. The van der Waals surface area contributed by atoms with Crippen LogP contribution in [0, 0.1) is 0 Å². The molecule has 3 heterocycles. The highest BCUT2D eigenvalue weighted by atomic mass is 16.3. The molecule has 2 aromatic heterocycles. The van der Waals surface area contributed by atoms with Gasteiger partial charge in [0.1, 0.15) is 12.1 Å². The van der Waals surface area contributed by atoms with Crippen molar-refractivity contribution >= 4 is 10.9 Å². The number of hydrogen-bond donors (Lipinski definition) is 1. The van der Waals surface area contributed by atoms with Gasteiger partial charge in [-0.3, -0.25) is 9.69 Å². The first-order valence-corrected chi connectivity index (χ1v) is 7.42. The maximum absolute atomic E-state index is 12.2. The number of benzene rings is 1. The molecule has 1 aromatic carbocycles. The molecule has 112 valence electrons. The molecule has 1 atom stereocenters. The van der Waals surface area contributed by atoms with Crippen LogP contribution in [0.3, 0.4) is 0 Å². The Balaban J connectivity index is 1.69. The molecule has 0 radical (unpaired) electrons. The lowest BCUT2D eigenvalue weighted by Gasteiger charge is -2.22. The number of hydrogen-bond acceptors (Lipinski definition) is 5. The second kappa shape index (κ2) is 5.38. The van der Waals surface area contributed by atoms with E-state index in [9.17, 15) is 4.79 Å². The van der Waals surface area contributed by atoms with Gasteiger partial charge in [-0.25, -0.2) is 9.97 Å². The number of para-hydroxylation sites is 1. The number of rotatable bonds is 3. The van der Waals surface area contributed by atoms with E-state index in [1.54, 1.807) is 18.5 Å². The van der Waals surface area contributed by atoms with Gasteiger partial charge in [0.15, 0.2) is 0 Å². The Morgan fingerprint density at radius 3 is 3.14 bits per heavy atom. The molecule has 6 nitrogen and oxygen atoms in total. The summed E-state index contributed by atoms with van der Waals surface area (Å²) in [5.74, 6) is 1.42.